The number of rotatable bonds is 5. The maximum Gasteiger partial charge on any atom is 0.125 e. The van der Waals surface area contributed by atoms with Gasteiger partial charge in [0.15, 0.2) is 0 Å². The van der Waals surface area contributed by atoms with Gasteiger partial charge in [-0.25, -0.2) is 0 Å². The SMILES string of the molecule is Cc1cc(C)c(OC[C@H](O)CN2CCC(C)CC2)c(C)c1. The number of nitrogens with zero attached hydrogens (tertiary/aromatic N) is 1. The highest BCUT2D eigenvalue weighted by Crippen LogP contribution is 2.24. The van der Waals surface area contributed by atoms with Crippen molar-refractivity contribution >= 4 is 0 Å². The molecule has 1 aliphatic rings. The Bertz CT molecular complexity index is 441. The number of likely N-dealkylation sites (tertiary alicyclic amines) is 1. The molecule has 0 bridgehead atoms. The number of piperidine rings is 1. The van der Waals surface area contributed by atoms with E-state index in [9.17, 15) is 5.11 Å². The molecule has 0 spiro atoms. The van der Waals surface area contributed by atoms with E-state index < -0.39 is 6.10 Å². The zero-order chi connectivity index (χ0) is 15.4. The highest BCUT2D eigenvalue weighted by atomic mass is 16.5. The fourth-order valence-corrected chi connectivity index (χ4v) is 3.17. The molecule has 1 saturated heterocycles. The number of hydrogen-bond acceptors (Lipinski definition) is 3. The lowest BCUT2D eigenvalue weighted by Crippen LogP contribution is -2.40. The van der Waals surface area contributed by atoms with Crippen molar-refractivity contribution < 1.29 is 9.84 Å². The average molecular weight is 291 g/mol. The fraction of sp³-hybridized carbons (Fsp3) is 0.667. The molecular formula is C18H29NO2. The number of hydrogen-bond donors (Lipinski definition) is 1. The molecule has 118 valence electrons. The van der Waals surface area contributed by atoms with Gasteiger partial charge in [0, 0.05) is 6.54 Å². The van der Waals surface area contributed by atoms with E-state index in [1.165, 1.54) is 18.4 Å². The lowest BCUT2D eigenvalue weighted by atomic mass is 9.99. The van der Waals surface area contributed by atoms with Gasteiger partial charge in [0.05, 0.1) is 0 Å². The first kappa shape index (κ1) is 16.3. The van der Waals surface area contributed by atoms with E-state index >= 15 is 0 Å². The van der Waals surface area contributed by atoms with E-state index in [1.807, 2.05) is 0 Å². The van der Waals surface area contributed by atoms with Crippen LogP contribution in [0.1, 0.15) is 36.5 Å². The van der Waals surface area contributed by atoms with Gasteiger partial charge < -0.3 is 14.7 Å². The van der Waals surface area contributed by atoms with Crippen LogP contribution in [0.25, 0.3) is 0 Å². The zero-order valence-corrected chi connectivity index (χ0v) is 13.9. The molecular weight excluding hydrogens is 262 g/mol. The first-order valence-electron chi connectivity index (χ1n) is 8.06. The normalized spacial score (nSPS) is 18.7. The van der Waals surface area contributed by atoms with Crippen molar-refractivity contribution in [1.82, 2.24) is 4.90 Å². The first-order valence-corrected chi connectivity index (χ1v) is 8.06. The van der Waals surface area contributed by atoms with Crippen LogP contribution in [0.2, 0.25) is 0 Å². The number of β-amino-alcohol motifs (C(OH)–C–C–N with tert-alkyl or cyclic N) is 1. The number of aryl methyl sites for hydroxylation is 3. The minimum absolute atomic E-state index is 0.372. The van der Waals surface area contributed by atoms with E-state index in [1.54, 1.807) is 0 Å². The highest BCUT2D eigenvalue weighted by molar-refractivity contribution is 5.42. The van der Waals surface area contributed by atoms with Crippen LogP contribution in [0.4, 0.5) is 0 Å². The van der Waals surface area contributed by atoms with E-state index in [0.29, 0.717) is 6.61 Å². The van der Waals surface area contributed by atoms with Gasteiger partial charge in [0.1, 0.15) is 18.5 Å². The molecule has 0 amide bonds. The Morgan fingerprint density at radius 1 is 1.19 bits per heavy atom. The zero-order valence-electron chi connectivity index (χ0n) is 13.9. The summed E-state index contributed by atoms with van der Waals surface area (Å²) in [5.41, 5.74) is 3.54. The number of benzene rings is 1. The van der Waals surface area contributed by atoms with Crippen LogP contribution in [0, 0.1) is 26.7 Å². The third-order valence-corrected chi connectivity index (χ3v) is 4.37. The second-order valence-corrected chi connectivity index (χ2v) is 6.68. The molecule has 1 fully saturated rings. The molecule has 0 unspecified atom stereocenters. The van der Waals surface area contributed by atoms with Crippen LogP contribution in [-0.2, 0) is 0 Å². The van der Waals surface area contributed by atoms with Crippen LogP contribution in [0.15, 0.2) is 12.1 Å². The molecule has 0 aliphatic carbocycles. The molecule has 0 radical (unpaired) electrons. The lowest BCUT2D eigenvalue weighted by molar-refractivity contribution is 0.0559. The van der Waals surface area contributed by atoms with Gasteiger partial charge in [-0.1, -0.05) is 24.6 Å². The van der Waals surface area contributed by atoms with E-state index in [4.69, 9.17) is 4.74 Å². The van der Waals surface area contributed by atoms with Gasteiger partial charge >= 0.3 is 0 Å². The molecule has 1 aromatic carbocycles. The van der Waals surface area contributed by atoms with Crippen molar-refractivity contribution in [3.63, 3.8) is 0 Å². The Balaban J connectivity index is 1.83. The first-order chi connectivity index (χ1) is 9.95. The van der Waals surface area contributed by atoms with Crippen LogP contribution in [-0.4, -0.2) is 42.4 Å². The quantitative estimate of drug-likeness (QED) is 0.905. The Labute approximate surface area is 128 Å². The monoisotopic (exact) mass is 291 g/mol. The summed E-state index contributed by atoms with van der Waals surface area (Å²) in [5.74, 6) is 1.75. The predicted octanol–water partition coefficient (Wildman–Crippen LogP) is 3.08. The highest BCUT2D eigenvalue weighted by Gasteiger charge is 2.19. The second-order valence-electron chi connectivity index (χ2n) is 6.68. The summed E-state index contributed by atoms with van der Waals surface area (Å²) in [7, 11) is 0. The van der Waals surface area contributed by atoms with E-state index in [0.717, 1.165) is 42.4 Å². The molecule has 1 aliphatic heterocycles. The molecule has 1 N–H and O–H groups in total. The molecule has 21 heavy (non-hydrogen) atoms. The van der Waals surface area contributed by atoms with Crippen molar-refractivity contribution in [1.29, 1.82) is 0 Å². The topological polar surface area (TPSA) is 32.7 Å². The minimum Gasteiger partial charge on any atom is -0.490 e. The largest absolute Gasteiger partial charge is 0.490 e. The number of aliphatic hydroxyl groups excluding tert-OH is 1. The van der Waals surface area contributed by atoms with Crippen molar-refractivity contribution in [3.05, 3.63) is 28.8 Å². The van der Waals surface area contributed by atoms with E-state index in [2.05, 4.69) is 44.7 Å². The maximum atomic E-state index is 10.2. The molecule has 2 rings (SSSR count). The molecule has 1 heterocycles. The molecule has 0 aromatic heterocycles. The summed E-state index contributed by atoms with van der Waals surface area (Å²) in [6.45, 7) is 11.8. The van der Waals surface area contributed by atoms with Gasteiger partial charge in [0.25, 0.3) is 0 Å². The van der Waals surface area contributed by atoms with Crippen molar-refractivity contribution in [3.8, 4) is 5.75 Å². The van der Waals surface area contributed by atoms with Crippen LogP contribution in [0.5, 0.6) is 5.75 Å². The summed E-state index contributed by atoms with van der Waals surface area (Å²) < 4.78 is 5.87. The standard InChI is InChI=1S/C18H29NO2/c1-13-5-7-19(8-6-13)11-17(20)12-21-18-15(3)9-14(2)10-16(18)4/h9-10,13,17,20H,5-8,11-12H2,1-4H3/t17-/m1/s1. The summed E-state index contributed by atoms with van der Waals surface area (Å²) >= 11 is 0. The van der Waals surface area contributed by atoms with Gasteiger partial charge in [-0.15, -0.1) is 0 Å². The molecule has 1 atom stereocenters. The average Bonchev–Trinajstić information content (AvgIpc) is 2.40. The Morgan fingerprint density at radius 3 is 2.33 bits per heavy atom. The predicted molar refractivity (Wildman–Crippen MR) is 87.0 cm³/mol. The smallest absolute Gasteiger partial charge is 0.125 e. The molecule has 1 aromatic rings. The van der Waals surface area contributed by atoms with Crippen molar-refractivity contribution in [2.45, 2.75) is 46.6 Å². The second kappa shape index (κ2) is 7.28. The maximum absolute atomic E-state index is 10.2. The van der Waals surface area contributed by atoms with Crippen molar-refractivity contribution in [2.75, 3.05) is 26.2 Å². The summed E-state index contributed by atoms with van der Waals surface area (Å²) in [6.07, 6.45) is 2.06. The van der Waals surface area contributed by atoms with Crippen molar-refractivity contribution in [2.24, 2.45) is 5.92 Å². The Kier molecular flexibility index (Phi) is 5.65. The number of ether oxygens (including phenoxy) is 1. The van der Waals surface area contributed by atoms with Gasteiger partial charge in [-0.3, -0.25) is 0 Å². The third kappa shape index (κ3) is 4.72. The van der Waals surface area contributed by atoms with Gasteiger partial charge in [0.2, 0.25) is 0 Å². The van der Waals surface area contributed by atoms with Crippen LogP contribution < -0.4 is 4.74 Å². The number of aliphatic hydroxyl groups is 1. The van der Waals surface area contributed by atoms with E-state index in [-0.39, 0.29) is 0 Å². The Hall–Kier alpha value is -1.06. The van der Waals surface area contributed by atoms with Gasteiger partial charge in [-0.05, 0) is 63.7 Å². The lowest BCUT2D eigenvalue weighted by Gasteiger charge is -2.31. The molecule has 0 saturated carbocycles. The summed E-state index contributed by atoms with van der Waals surface area (Å²) in [4.78, 5) is 2.35. The van der Waals surface area contributed by atoms with Crippen LogP contribution >= 0.6 is 0 Å². The van der Waals surface area contributed by atoms with Crippen LogP contribution in [0.3, 0.4) is 0 Å². The molecule has 3 nitrogen and oxygen atoms in total. The summed E-state index contributed by atoms with van der Waals surface area (Å²) in [5, 5.41) is 10.2. The van der Waals surface area contributed by atoms with Gasteiger partial charge in [-0.2, -0.15) is 0 Å². The summed E-state index contributed by atoms with van der Waals surface area (Å²) in [6, 6.07) is 4.25. The third-order valence-electron chi connectivity index (χ3n) is 4.37. The fourth-order valence-electron chi connectivity index (χ4n) is 3.17. The Morgan fingerprint density at radius 2 is 1.76 bits per heavy atom. The molecule has 3 heteroatoms. The minimum atomic E-state index is -0.418.